The first kappa shape index (κ1) is 21.3. The van der Waals surface area contributed by atoms with E-state index < -0.39 is 42.5 Å². The van der Waals surface area contributed by atoms with Crippen LogP contribution >= 0.6 is 0 Å². The topological polar surface area (TPSA) is 138 Å². The standard InChI is InChI=1S/C20H25NO8/c1-3-6-27-13-5-4-11(8-12(13)22)7-10(2)20(26)21-14-15(23)17(25)19-18(16(14)24)28-9-29-19/h3-5,7-8,14-19,22-25H,1,6,9H2,2H3,(H,21,26)/b10-7-/t14-,15+,16-,17-,18+,19-/m1/s1. The van der Waals surface area contributed by atoms with Crippen LogP contribution in [0.4, 0.5) is 0 Å². The van der Waals surface area contributed by atoms with Crippen molar-refractivity contribution in [2.24, 2.45) is 0 Å². The van der Waals surface area contributed by atoms with E-state index in [1.165, 1.54) is 12.1 Å². The van der Waals surface area contributed by atoms with Crippen molar-refractivity contribution in [3.05, 3.63) is 42.0 Å². The predicted octanol–water partition coefficient (Wildman–Crippen LogP) is -0.317. The quantitative estimate of drug-likeness (QED) is 0.320. The first-order valence-corrected chi connectivity index (χ1v) is 9.16. The molecular weight excluding hydrogens is 382 g/mol. The van der Waals surface area contributed by atoms with Gasteiger partial charge in [-0.25, -0.2) is 0 Å². The Morgan fingerprint density at radius 1 is 1.24 bits per heavy atom. The molecular formula is C20H25NO8. The van der Waals surface area contributed by atoms with Crippen molar-refractivity contribution >= 4 is 12.0 Å². The fourth-order valence-corrected chi connectivity index (χ4v) is 3.43. The zero-order valence-electron chi connectivity index (χ0n) is 15.9. The Balaban J connectivity index is 1.69. The second-order valence-corrected chi connectivity index (χ2v) is 7.01. The highest BCUT2D eigenvalue weighted by molar-refractivity contribution is 5.97. The molecule has 1 amide bonds. The number of nitrogens with one attached hydrogen (secondary N) is 1. The smallest absolute Gasteiger partial charge is 0.247 e. The van der Waals surface area contributed by atoms with Crippen LogP contribution in [0.3, 0.4) is 0 Å². The summed E-state index contributed by atoms with van der Waals surface area (Å²) in [6.45, 7) is 5.23. The minimum atomic E-state index is -1.42. The summed E-state index contributed by atoms with van der Waals surface area (Å²) >= 11 is 0. The van der Waals surface area contributed by atoms with Gasteiger partial charge in [0.1, 0.15) is 43.9 Å². The molecule has 0 bridgehead atoms. The SMILES string of the molecule is C=CCOc1ccc(/C=C(/C)C(=O)N[C@@H]2[C@H](O)[C@@H](O)[C@H]3OCO[C@H]3[C@@H]2O)cc1O. The number of aromatic hydroxyl groups is 1. The number of carbonyl (C=O) groups is 1. The Kier molecular flexibility index (Phi) is 6.56. The number of aliphatic hydroxyl groups is 3. The van der Waals surface area contributed by atoms with E-state index in [0.29, 0.717) is 11.3 Å². The number of ether oxygens (including phenoxy) is 3. The van der Waals surface area contributed by atoms with Gasteiger partial charge in [-0.1, -0.05) is 18.7 Å². The Morgan fingerprint density at radius 2 is 1.93 bits per heavy atom. The number of carbonyl (C=O) groups excluding carboxylic acids is 1. The van der Waals surface area contributed by atoms with Gasteiger partial charge in [-0.3, -0.25) is 4.79 Å². The maximum absolute atomic E-state index is 12.5. The second-order valence-electron chi connectivity index (χ2n) is 7.01. The van der Waals surface area contributed by atoms with Gasteiger partial charge in [0.05, 0.1) is 6.04 Å². The summed E-state index contributed by atoms with van der Waals surface area (Å²) in [6.07, 6.45) is -2.59. The first-order valence-electron chi connectivity index (χ1n) is 9.16. The zero-order valence-corrected chi connectivity index (χ0v) is 15.9. The molecule has 0 radical (unpaired) electrons. The first-order chi connectivity index (χ1) is 13.8. The lowest BCUT2D eigenvalue weighted by atomic mass is 9.83. The molecule has 158 valence electrons. The van der Waals surface area contributed by atoms with E-state index in [1.54, 1.807) is 25.1 Å². The van der Waals surface area contributed by atoms with Gasteiger partial charge in [0.25, 0.3) is 0 Å². The van der Waals surface area contributed by atoms with Crippen molar-refractivity contribution in [3.63, 3.8) is 0 Å². The number of fused-ring (bicyclic) bond motifs is 1. The number of phenols is 1. The van der Waals surface area contributed by atoms with E-state index in [0.717, 1.165) is 0 Å². The molecule has 3 rings (SSSR count). The molecule has 1 heterocycles. The third kappa shape index (κ3) is 4.44. The van der Waals surface area contributed by atoms with Crippen LogP contribution in [0.2, 0.25) is 0 Å². The molecule has 6 atom stereocenters. The van der Waals surface area contributed by atoms with E-state index in [-0.39, 0.29) is 24.7 Å². The number of amides is 1. The second kappa shape index (κ2) is 8.93. The molecule has 2 fully saturated rings. The average molecular weight is 407 g/mol. The van der Waals surface area contributed by atoms with Crippen LogP contribution < -0.4 is 10.1 Å². The number of hydrogen-bond donors (Lipinski definition) is 5. The van der Waals surface area contributed by atoms with Crippen molar-refractivity contribution in [1.82, 2.24) is 5.32 Å². The monoisotopic (exact) mass is 407 g/mol. The number of hydrogen-bond acceptors (Lipinski definition) is 8. The van der Waals surface area contributed by atoms with Gasteiger partial charge >= 0.3 is 0 Å². The molecule has 0 spiro atoms. The summed E-state index contributed by atoms with van der Waals surface area (Å²) < 4.78 is 15.7. The van der Waals surface area contributed by atoms with Crippen LogP contribution in [-0.2, 0) is 14.3 Å². The van der Waals surface area contributed by atoms with Gasteiger partial charge in [0, 0.05) is 5.57 Å². The van der Waals surface area contributed by atoms with E-state index >= 15 is 0 Å². The molecule has 1 aromatic rings. The minimum absolute atomic E-state index is 0.0838. The number of benzene rings is 1. The third-order valence-electron chi connectivity index (χ3n) is 4.98. The summed E-state index contributed by atoms with van der Waals surface area (Å²) in [6, 6.07) is 3.54. The van der Waals surface area contributed by atoms with Crippen LogP contribution in [-0.4, -0.2) is 76.3 Å². The van der Waals surface area contributed by atoms with Crippen molar-refractivity contribution in [3.8, 4) is 11.5 Å². The molecule has 1 saturated carbocycles. The van der Waals surface area contributed by atoms with Crippen LogP contribution in [0, 0.1) is 0 Å². The maximum Gasteiger partial charge on any atom is 0.247 e. The molecule has 29 heavy (non-hydrogen) atoms. The van der Waals surface area contributed by atoms with E-state index in [9.17, 15) is 25.2 Å². The van der Waals surface area contributed by atoms with Crippen molar-refractivity contribution in [2.45, 2.75) is 43.5 Å². The summed E-state index contributed by atoms with van der Waals surface area (Å²) in [5.74, 6) is -0.344. The lowest BCUT2D eigenvalue weighted by Crippen LogP contribution is -2.67. The Morgan fingerprint density at radius 3 is 2.59 bits per heavy atom. The lowest BCUT2D eigenvalue weighted by Gasteiger charge is -2.41. The van der Waals surface area contributed by atoms with E-state index in [2.05, 4.69) is 11.9 Å². The van der Waals surface area contributed by atoms with Crippen molar-refractivity contribution in [2.75, 3.05) is 13.4 Å². The van der Waals surface area contributed by atoms with Crippen LogP contribution in [0.5, 0.6) is 11.5 Å². The summed E-state index contributed by atoms with van der Waals surface area (Å²) in [5, 5.41) is 43.4. The number of phenolic OH excluding ortho intramolecular Hbond substituents is 1. The molecule has 0 aromatic heterocycles. The Hall–Kier alpha value is -2.43. The minimum Gasteiger partial charge on any atom is -0.504 e. The fraction of sp³-hybridized carbons (Fsp3) is 0.450. The van der Waals surface area contributed by atoms with Gasteiger partial charge < -0.3 is 40.0 Å². The molecule has 1 aromatic carbocycles. The van der Waals surface area contributed by atoms with Gasteiger partial charge in [-0.15, -0.1) is 0 Å². The number of aliphatic hydroxyl groups excluding tert-OH is 3. The molecule has 1 saturated heterocycles. The van der Waals surface area contributed by atoms with E-state index in [1.807, 2.05) is 0 Å². The van der Waals surface area contributed by atoms with Crippen molar-refractivity contribution < 1.29 is 39.4 Å². The average Bonchev–Trinajstić information content (AvgIpc) is 3.19. The zero-order chi connectivity index (χ0) is 21.1. The maximum atomic E-state index is 12.5. The van der Waals surface area contributed by atoms with Gasteiger partial charge in [-0.2, -0.15) is 0 Å². The molecule has 0 unspecified atom stereocenters. The van der Waals surface area contributed by atoms with Gasteiger partial charge in [0.2, 0.25) is 5.91 Å². The molecule has 5 N–H and O–H groups in total. The Labute approximate surface area is 167 Å². The van der Waals surface area contributed by atoms with Crippen LogP contribution in [0.25, 0.3) is 6.08 Å². The van der Waals surface area contributed by atoms with Gasteiger partial charge in [-0.05, 0) is 30.7 Å². The number of rotatable bonds is 6. The molecule has 9 nitrogen and oxygen atoms in total. The third-order valence-corrected chi connectivity index (χ3v) is 4.98. The molecule has 2 aliphatic rings. The largest absolute Gasteiger partial charge is 0.504 e. The predicted molar refractivity (Wildman–Crippen MR) is 102 cm³/mol. The van der Waals surface area contributed by atoms with E-state index in [4.69, 9.17) is 14.2 Å². The highest BCUT2D eigenvalue weighted by Gasteiger charge is 2.53. The summed E-state index contributed by atoms with van der Waals surface area (Å²) in [5.41, 5.74) is 0.822. The summed E-state index contributed by atoms with van der Waals surface area (Å²) in [7, 11) is 0. The van der Waals surface area contributed by atoms with Gasteiger partial charge in [0.15, 0.2) is 11.5 Å². The normalized spacial score (nSPS) is 31.8. The molecule has 1 aliphatic heterocycles. The van der Waals surface area contributed by atoms with Crippen LogP contribution in [0.1, 0.15) is 12.5 Å². The highest BCUT2D eigenvalue weighted by Crippen LogP contribution is 2.30. The molecule has 9 heteroatoms. The fourth-order valence-electron chi connectivity index (χ4n) is 3.43. The Bertz CT molecular complexity index is 795. The molecule has 1 aliphatic carbocycles. The summed E-state index contributed by atoms with van der Waals surface area (Å²) in [4.78, 5) is 12.5. The van der Waals surface area contributed by atoms with Crippen molar-refractivity contribution in [1.29, 1.82) is 0 Å². The lowest BCUT2D eigenvalue weighted by molar-refractivity contribution is -0.155. The highest BCUT2D eigenvalue weighted by atomic mass is 16.7. The van der Waals surface area contributed by atoms with Crippen LogP contribution in [0.15, 0.2) is 36.4 Å².